The summed E-state index contributed by atoms with van der Waals surface area (Å²) in [7, 11) is 0. The van der Waals surface area contributed by atoms with Crippen molar-refractivity contribution in [3.63, 3.8) is 0 Å². The first-order valence-corrected chi connectivity index (χ1v) is 11.0. The number of hydrogen-bond donors (Lipinski definition) is 1. The van der Waals surface area contributed by atoms with Crippen molar-refractivity contribution in [1.82, 2.24) is 24.2 Å². The number of piperidine rings is 1. The molecule has 1 saturated heterocycles. The third-order valence-corrected chi connectivity index (χ3v) is 6.76. The van der Waals surface area contributed by atoms with Crippen LogP contribution in [0.25, 0.3) is 10.9 Å². The van der Waals surface area contributed by atoms with Gasteiger partial charge in [-0.15, -0.1) is 16.4 Å². The maximum Gasteiger partial charge on any atom is 0.262 e. The minimum Gasteiger partial charge on any atom is -0.388 e. The minimum absolute atomic E-state index is 0.0257. The summed E-state index contributed by atoms with van der Waals surface area (Å²) in [5.41, 5.74) is -0.819. The van der Waals surface area contributed by atoms with E-state index in [2.05, 4.69) is 10.1 Å². The van der Waals surface area contributed by atoms with Crippen molar-refractivity contribution in [3.05, 3.63) is 45.1 Å². The molecule has 1 amide bonds. The number of aromatic nitrogens is 4. The van der Waals surface area contributed by atoms with Crippen molar-refractivity contribution in [1.29, 1.82) is 0 Å². The number of rotatable bonds is 6. The molecule has 0 aromatic carbocycles. The van der Waals surface area contributed by atoms with E-state index in [0.29, 0.717) is 10.9 Å². The van der Waals surface area contributed by atoms with Gasteiger partial charge in [-0.3, -0.25) is 18.8 Å². The topological polar surface area (TPSA) is 93.2 Å². The number of amides is 1. The second-order valence-corrected chi connectivity index (χ2v) is 9.15. The maximum atomic E-state index is 13.4. The van der Waals surface area contributed by atoms with Gasteiger partial charge in [0.25, 0.3) is 12.0 Å². The fourth-order valence-electron chi connectivity index (χ4n) is 3.96. The zero-order valence-corrected chi connectivity index (χ0v) is 18.1. The Bertz CT molecular complexity index is 1180. The standard InChI is InChI=1S/C20H22F3N5O3S/c1-12-17-13(9-32-12)19(30)27(11-24-17)10-20(31)3-6-26(7-4-20)16(29)8-14(18(22)23)28-5-2-15(21)25-28/h2,5,9,11,14,18,31H,3-4,6-8,10H2,1H3/t14-/m0/s1. The highest BCUT2D eigenvalue weighted by atomic mass is 32.1. The second kappa shape index (κ2) is 8.66. The molecule has 4 heterocycles. The Balaban J connectivity index is 1.40. The lowest BCUT2D eigenvalue weighted by Crippen LogP contribution is -2.50. The summed E-state index contributed by atoms with van der Waals surface area (Å²) in [6, 6.07) is -0.620. The quantitative estimate of drug-likeness (QED) is 0.598. The van der Waals surface area contributed by atoms with Crippen molar-refractivity contribution in [2.45, 2.75) is 50.8 Å². The van der Waals surface area contributed by atoms with E-state index in [1.54, 1.807) is 5.38 Å². The SMILES string of the molecule is Cc1scc2c(=O)n(CC3(O)CCN(C(=O)C[C@@H](C(F)F)n4ccc(F)n4)CC3)cnc12. The molecule has 0 bridgehead atoms. The number of aliphatic hydroxyl groups is 1. The van der Waals surface area contributed by atoms with Crippen LogP contribution in [0.2, 0.25) is 0 Å². The van der Waals surface area contributed by atoms with E-state index in [1.165, 1.54) is 27.1 Å². The molecule has 1 fully saturated rings. The van der Waals surface area contributed by atoms with E-state index in [4.69, 9.17) is 0 Å². The van der Waals surface area contributed by atoms with Gasteiger partial charge in [-0.05, 0) is 19.8 Å². The summed E-state index contributed by atoms with van der Waals surface area (Å²) < 4.78 is 42.0. The van der Waals surface area contributed by atoms with Gasteiger partial charge < -0.3 is 10.0 Å². The molecule has 0 spiro atoms. The highest BCUT2D eigenvalue weighted by Gasteiger charge is 2.36. The Morgan fingerprint density at radius 1 is 1.34 bits per heavy atom. The fourth-order valence-corrected chi connectivity index (χ4v) is 4.74. The zero-order chi connectivity index (χ0) is 23.0. The zero-order valence-electron chi connectivity index (χ0n) is 17.2. The predicted molar refractivity (Wildman–Crippen MR) is 111 cm³/mol. The lowest BCUT2D eigenvalue weighted by molar-refractivity contribution is -0.138. The van der Waals surface area contributed by atoms with Gasteiger partial charge in [0.15, 0.2) is 0 Å². The van der Waals surface area contributed by atoms with E-state index in [1.807, 2.05) is 6.92 Å². The number of hydrogen-bond acceptors (Lipinski definition) is 6. The average molecular weight is 469 g/mol. The van der Waals surface area contributed by atoms with E-state index >= 15 is 0 Å². The van der Waals surface area contributed by atoms with Crippen LogP contribution >= 0.6 is 11.3 Å². The van der Waals surface area contributed by atoms with Gasteiger partial charge in [-0.25, -0.2) is 13.8 Å². The molecule has 1 aliphatic heterocycles. The van der Waals surface area contributed by atoms with Gasteiger partial charge in [-0.2, -0.15) is 4.39 Å². The lowest BCUT2D eigenvalue weighted by Gasteiger charge is -2.38. The van der Waals surface area contributed by atoms with Crippen LogP contribution in [-0.2, 0) is 11.3 Å². The molecule has 0 unspecified atom stereocenters. The second-order valence-electron chi connectivity index (χ2n) is 8.06. The molecular weight excluding hydrogens is 447 g/mol. The van der Waals surface area contributed by atoms with Crippen LogP contribution in [0.1, 0.15) is 30.2 Å². The van der Waals surface area contributed by atoms with Gasteiger partial charge in [0.1, 0.15) is 6.04 Å². The van der Waals surface area contributed by atoms with Gasteiger partial charge in [0.05, 0.1) is 35.8 Å². The van der Waals surface area contributed by atoms with Crippen LogP contribution in [0.3, 0.4) is 0 Å². The molecule has 3 aromatic heterocycles. The third-order valence-electron chi connectivity index (χ3n) is 5.86. The molecule has 1 atom stereocenters. The molecule has 8 nitrogen and oxygen atoms in total. The number of carbonyl (C=O) groups is 1. The summed E-state index contributed by atoms with van der Waals surface area (Å²) in [5, 5.41) is 16.6. The van der Waals surface area contributed by atoms with Crippen LogP contribution < -0.4 is 5.56 Å². The van der Waals surface area contributed by atoms with Crippen molar-refractivity contribution < 1.29 is 23.1 Å². The Hall–Kier alpha value is -2.73. The van der Waals surface area contributed by atoms with Gasteiger partial charge in [-0.1, -0.05) is 0 Å². The highest BCUT2D eigenvalue weighted by Crippen LogP contribution is 2.27. The normalized spacial score (nSPS) is 17.2. The molecule has 3 aromatic rings. The van der Waals surface area contributed by atoms with Crippen LogP contribution in [-0.4, -0.2) is 60.4 Å². The summed E-state index contributed by atoms with van der Waals surface area (Å²) in [4.78, 5) is 31.9. The Kier molecular flexibility index (Phi) is 6.08. The first-order valence-electron chi connectivity index (χ1n) is 10.1. The van der Waals surface area contributed by atoms with E-state index < -0.39 is 36.3 Å². The number of carbonyl (C=O) groups excluding carboxylic acids is 1. The number of thiophene rings is 1. The molecular formula is C20H22F3N5O3S. The summed E-state index contributed by atoms with van der Waals surface area (Å²) in [5.74, 6) is -1.42. The molecule has 0 radical (unpaired) electrons. The van der Waals surface area contributed by atoms with Crippen molar-refractivity contribution in [2.75, 3.05) is 13.1 Å². The number of halogens is 3. The molecule has 172 valence electrons. The Morgan fingerprint density at radius 2 is 2.06 bits per heavy atom. The molecule has 1 aliphatic rings. The smallest absolute Gasteiger partial charge is 0.262 e. The number of fused-ring (bicyclic) bond motifs is 1. The van der Waals surface area contributed by atoms with Crippen LogP contribution in [0.5, 0.6) is 0 Å². The molecule has 1 N–H and O–H groups in total. The molecule has 0 saturated carbocycles. The van der Waals surface area contributed by atoms with Crippen LogP contribution in [0.4, 0.5) is 13.2 Å². The first kappa shape index (κ1) is 22.5. The molecule has 0 aliphatic carbocycles. The average Bonchev–Trinajstić information content (AvgIpc) is 3.34. The lowest BCUT2D eigenvalue weighted by atomic mass is 9.91. The number of aryl methyl sites for hydroxylation is 1. The summed E-state index contributed by atoms with van der Waals surface area (Å²) >= 11 is 1.43. The van der Waals surface area contributed by atoms with Crippen molar-refractivity contribution >= 4 is 28.1 Å². The monoisotopic (exact) mass is 469 g/mol. The maximum absolute atomic E-state index is 13.4. The molecule has 4 rings (SSSR count). The molecule has 12 heteroatoms. The van der Waals surface area contributed by atoms with Crippen molar-refractivity contribution in [3.8, 4) is 0 Å². The van der Waals surface area contributed by atoms with Gasteiger partial charge in [0, 0.05) is 35.6 Å². The van der Waals surface area contributed by atoms with Gasteiger partial charge in [0.2, 0.25) is 11.9 Å². The Labute approximate surface area is 184 Å². The summed E-state index contributed by atoms with van der Waals surface area (Å²) in [6.07, 6.45) is -0.574. The molecule has 32 heavy (non-hydrogen) atoms. The predicted octanol–water partition coefficient (Wildman–Crippen LogP) is 2.35. The third kappa shape index (κ3) is 4.42. The summed E-state index contributed by atoms with van der Waals surface area (Å²) in [6.45, 7) is 2.21. The van der Waals surface area contributed by atoms with Gasteiger partial charge >= 0.3 is 0 Å². The number of likely N-dealkylation sites (tertiary alicyclic amines) is 1. The highest BCUT2D eigenvalue weighted by molar-refractivity contribution is 7.11. The number of nitrogens with zero attached hydrogens (tertiary/aromatic N) is 5. The fraction of sp³-hybridized carbons (Fsp3) is 0.500. The Morgan fingerprint density at radius 3 is 2.69 bits per heavy atom. The number of alkyl halides is 2. The van der Waals surface area contributed by atoms with Crippen LogP contribution in [0.15, 0.2) is 28.8 Å². The van der Waals surface area contributed by atoms with Crippen molar-refractivity contribution in [2.24, 2.45) is 0 Å². The minimum atomic E-state index is -2.89. The van der Waals surface area contributed by atoms with E-state index in [-0.39, 0.29) is 38.0 Å². The van der Waals surface area contributed by atoms with E-state index in [9.17, 15) is 27.9 Å². The van der Waals surface area contributed by atoms with E-state index in [0.717, 1.165) is 21.8 Å². The largest absolute Gasteiger partial charge is 0.388 e. The first-order chi connectivity index (χ1) is 15.2. The van der Waals surface area contributed by atoms with Crippen LogP contribution in [0, 0.1) is 12.9 Å².